The summed E-state index contributed by atoms with van der Waals surface area (Å²) in [4.78, 5) is 18.6. The zero-order valence-corrected chi connectivity index (χ0v) is 12.1. The van der Waals surface area contributed by atoms with Gasteiger partial charge in [-0.15, -0.1) is 0 Å². The Kier molecular flexibility index (Phi) is 4.56. The van der Waals surface area contributed by atoms with Gasteiger partial charge in [-0.25, -0.2) is 0 Å². The smallest absolute Gasteiger partial charge is 0.254 e. The van der Waals surface area contributed by atoms with E-state index in [-0.39, 0.29) is 11.5 Å². The van der Waals surface area contributed by atoms with Crippen molar-refractivity contribution < 1.29 is 4.74 Å². The number of aryl methyl sites for hydroxylation is 1. The maximum absolute atomic E-state index is 11.6. The van der Waals surface area contributed by atoms with Gasteiger partial charge in [-0.2, -0.15) is 4.98 Å². The first kappa shape index (κ1) is 14.3. The van der Waals surface area contributed by atoms with Crippen molar-refractivity contribution in [2.24, 2.45) is 0 Å². The molecule has 4 heteroatoms. The first-order valence-electron chi connectivity index (χ1n) is 6.96. The lowest BCUT2D eigenvalue weighted by atomic mass is 10.1. The van der Waals surface area contributed by atoms with Crippen LogP contribution in [0.25, 0.3) is 0 Å². The van der Waals surface area contributed by atoms with Crippen molar-refractivity contribution in [3.8, 4) is 11.6 Å². The summed E-state index contributed by atoms with van der Waals surface area (Å²) in [5, 5.41) is 0. The van der Waals surface area contributed by atoms with Crippen molar-refractivity contribution in [2.75, 3.05) is 0 Å². The quantitative estimate of drug-likeness (QED) is 0.904. The molecule has 0 amide bonds. The second-order valence-electron chi connectivity index (χ2n) is 5.12. The molecule has 4 nitrogen and oxygen atoms in total. The second-order valence-corrected chi connectivity index (χ2v) is 5.12. The van der Waals surface area contributed by atoms with Crippen molar-refractivity contribution in [1.29, 1.82) is 0 Å². The van der Waals surface area contributed by atoms with Gasteiger partial charge in [0.2, 0.25) is 5.88 Å². The summed E-state index contributed by atoms with van der Waals surface area (Å²) in [7, 11) is 0. The van der Waals surface area contributed by atoms with E-state index in [1.54, 1.807) is 0 Å². The molecular formula is C16H20N2O2. The van der Waals surface area contributed by atoms with Crippen LogP contribution in [0.5, 0.6) is 11.6 Å². The molecule has 0 bridgehead atoms. The van der Waals surface area contributed by atoms with Crippen LogP contribution in [0.1, 0.15) is 44.5 Å². The normalized spacial score (nSPS) is 10.8. The predicted molar refractivity (Wildman–Crippen MR) is 79.5 cm³/mol. The van der Waals surface area contributed by atoms with Gasteiger partial charge >= 0.3 is 0 Å². The van der Waals surface area contributed by atoms with Gasteiger partial charge in [-0.05, 0) is 24.1 Å². The Bertz CT molecular complexity index is 615. The molecule has 0 aliphatic rings. The number of rotatable bonds is 5. The molecule has 0 saturated heterocycles. The van der Waals surface area contributed by atoms with E-state index in [2.05, 4.69) is 16.9 Å². The minimum absolute atomic E-state index is 0.151. The topological polar surface area (TPSA) is 55.0 Å². The number of H-pyrrole nitrogens is 1. The van der Waals surface area contributed by atoms with Crippen molar-refractivity contribution in [3.05, 3.63) is 52.1 Å². The van der Waals surface area contributed by atoms with E-state index in [0.29, 0.717) is 17.5 Å². The fourth-order valence-corrected chi connectivity index (χ4v) is 1.91. The zero-order valence-electron chi connectivity index (χ0n) is 12.1. The third kappa shape index (κ3) is 3.70. The van der Waals surface area contributed by atoms with Gasteiger partial charge in [0, 0.05) is 5.92 Å². The molecule has 0 fully saturated rings. The van der Waals surface area contributed by atoms with E-state index in [1.807, 2.05) is 38.1 Å². The molecule has 0 spiro atoms. The van der Waals surface area contributed by atoms with Gasteiger partial charge in [0.1, 0.15) is 11.6 Å². The fraction of sp³-hybridized carbons (Fsp3) is 0.375. The molecule has 0 unspecified atom stereocenters. The number of nitrogens with zero attached hydrogens (tertiary/aromatic N) is 1. The molecule has 0 atom stereocenters. The number of hydrogen-bond donors (Lipinski definition) is 1. The number of ether oxygens (including phenoxy) is 1. The molecule has 1 N–H and O–H groups in total. The molecule has 1 heterocycles. The zero-order chi connectivity index (χ0) is 14.5. The molecule has 2 rings (SSSR count). The first-order valence-corrected chi connectivity index (χ1v) is 6.96. The average molecular weight is 272 g/mol. The van der Waals surface area contributed by atoms with Crippen molar-refractivity contribution >= 4 is 0 Å². The van der Waals surface area contributed by atoms with Gasteiger partial charge < -0.3 is 9.72 Å². The van der Waals surface area contributed by atoms with Gasteiger partial charge in [0.25, 0.3) is 5.56 Å². The second kappa shape index (κ2) is 6.37. The summed E-state index contributed by atoms with van der Waals surface area (Å²) in [6.45, 7) is 6.10. The summed E-state index contributed by atoms with van der Waals surface area (Å²) >= 11 is 0. The molecule has 1 aromatic heterocycles. The summed E-state index contributed by atoms with van der Waals surface area (Å²) in [5.74, 6) is 1.81. The Morgan fingerprint density at radius 3 is 2.55 bits per heavy atom. The lowest BCUT2D eigenvalue weighted by Gasteiger charge is -2.08. The summed E-state index contributed by atoms with van der Waals surface area (Å²) in [6, 6.07) is 9.25. The van der Waals surface area contributed by atoms with Gasteiger partial charge in [0.15, 0.2) is 0 Å². The van der Waals surface area contributed by atoms with Crippen LogP contribution in [0.4, 0.5) is 0 Å². The number of nitrogens with one attached hydrogen (secondary N) is 1. The van der Waals surface area contributed by atoms with Crippen LogP contribution in [0.2, 0.25) is 0 Å². The number of hydrogen-bond acceptors (Lipinski definition) is 3. The SMILES string of the molecule is CCCc1ccc(Oc2cc(=O)[nH]c(C(C)C)n2)cc1. The summed E-state index contributed by atoms with van der Waals surface area (Å²) < 4.78 is 5.65. The Morgan fingerprint density at radius 2 is 1.95 bits per heavy atom. The summed E-state index contributed by atoms with van der Waals surface area (Å²) in [5.41, 5.74) is 1.09. The van der Waals surface area contributed by atoms with Crippen LogP contribution in [-0.4, -0.2) is 9.97 Å². The summed E-state index contributed by atoms with van der Waals surface area (Å²) in [6.07, 6.45) is 2.18. The van der Waals surface area contributed by atoms with E-state index in [4.69, 9.17) is 4.74 Å². The minimum atomic E-state index is -0.193. The number of benzene rings is 1. The number of aromatic amines is 1. The molecule has 2 aromatic rings. The maximum atomic E-state index is 11.6. The van der Waals surface area contributed by atoms with E-state index < -0.39 is 0 Å². The molecular weight excluding hydrogens is 252 g/mol. The van der Waals surface area contributed by atoms with Crippen molar-refractivity contribution in [2.45, 2.75) is 39.5 Å². The van der Waals surface area contributed by atoms with Crippen LogP contribution in [0, 0.1) is 0 Å². The van der Waals surface area contributed by atoms with Crippen LogP contribution < -0.4 is 10.3 Å². The molecule has 20 heavy (non-hydrogen) atoms. The van der Waals surface area contributed by atoms with E-state index in [9.17, 15) is 4.79 Å². The standard InChI is InChI=1S/C16H20N2O2/c1-4-5-12-6-8-13(9-7-12)20-15-10-14(19)17-16(18-15)11(2)3/h6-11H,4-5H2,1-3H3,(H,17,18,19). The molecule has 106 valence electrons. The Balaban J connectivity index is 2.19. The molecule has 0 aliphatic carbocycles. The van der Waals surface area contributed by atoms with Crippen LogP contribution in [0.15, 0.2) is 35.1 Å². The van der Waals surface area contributed by atoms with Crippen LogP contribution in [0.3, 0.4) is 0 Å². The average Bonchev–Trinajstić information content (AvgIpc) is 2.40. The number of aromatic nitrogens is 2. The van der Waals surface area contributed by atoms with Crippen LogP contribution in [-0.2, 0) is 6.42 Å². The molecule has 0 radical (unpaired) electrons. The van der Waals surface area contributed by atoms with Gasteiger partial charge in [-0.3, -0.25) is 4.79 Å². The molecule has 0 aliphatic heterocycles. The van der Waals surface area contributed by atoms with Gasteiger partial charge in [0.05, 0.1) is 6.07 Å². The maximum Gasteiger partial charge on any atom is 0.254 e. The third-order valence-electron chi connectivity index (χ3n) is 2.97. The van der Waals surface area contributed by atoms with E-state index in [0.717, 1.165) is 12.8 Å². The molecule has 0 saturated carbocycles. The predicted octanol–water partition coefficient (Wildman–Crippen LogP) is 3.64. The van der Waals surface area contributed by atoms with Crippen LogP contribution >= 0.6 is 0 Å². The molecule has 1 aromatic carbocycles. The minimum Gasteiger partial charge on any atom is -0.439 e. The lowest BCUT2D eigenvalue weighted by Crippen LogP contribution is -2.11. The van der Waals surface area contributed by atoms with E-state index in [1.165, 1.54) is 11.6 Å². The van der Waals surface area contributed by atoms with E-state index >= 15 is 0 Å². The Hall–Kier alpha value is -2.10. The van der Waals surface area contributed by atoms with Gasteiger partial charge in [-0.1, -0.05) is 39.3 Å². The largest absolute Gasteiger partial charge is 0.439 e. The third-order valence-corrected chi connectivity index (χ3v) is 2.97. The Labute approximate surface area is 118 Å². The highest BCUT2D eigenvalue weighted by molar-refractivity contribution is 5.30. The highest BCUT2D eigenvalue weighted by Gasteiger charge is 2.07. The monoisotopic (exact) mass is 272 g/mol. The van der Waals surface area contributed by atoms with Crippen molar-refractivity contribution in [1.82, 2.24) is 9.97 Å². The highest BCUT2D eigenvalue weighted by atomic mass is 16.5. The van der Waals surface area contributed by atoms with Crippen molar-refractivity contribution in [3.63, 3.8) is 0 Å². The fourth-order valence-electron chi connectivity index (χ4n) is 1.91. The first-order chi connectivity index (χ1) is 9.58. The highest BCUT2D eigenvalue weighted by Crippen LogP contribution is 2.20. The lowest BCUT2D eigenvalue weighted by molar-refractivity contribution is 0.455. The Morgan fingerprint density at radius 1 is 1.25 bits per heavy atom.